The van der Waals surface area contributed by atoms with Crippen LogP contribution in [0.4, 0.5) is 5.69 Å². The maximum absolute atomic E-state index is 14.2. The second kappa shape index (κ2) is 6.41. The molecular weight excluding hydrogens is 426 g/mol. The van der Waals surface area contributed by atoms with Crippen molar-refractivity contribution >= 4 is 34.2 Å². The second-order valence-electron chi connectivity index (χ2n) is 9.28. The van der Waals surface area contributed by atoms with Crippen molar-refractivity contribution in [3.63, 3.8) is 0 Å². The van der Waals surface area contributed by atoms with Gasteiger partial charge in [-0.2, -0.15) is 0 Å². The molecule has 1 saturated heterocycles. The van der Waals surface area contributed by atoms with Gasteiger partial charge in [-0.05, 0) is 33.7 Å². The summed E-state index contributed by atoms with van der Waals surface area (Å²) >= 11 is 0. The summed E-state index contributed by atoms with van der Waals surface area (Å²) in [5.41, 5.74) is 1.78. The first kappa shape index (κ1) is 19.2. The molecule has 1 heterocycles. The number of hydrogen-bond donors (Lipinski definition) is 1. The minimum atomic E-state index is -1.61. The van der Waals surface area contributed by atoms with Crippen molar-refractivity contribution < 1.29 is 19.5 Å². The highest BCUT2D eigenvalue weighted by Gasteiger charge is 2.71. The molecule has 1 fully saturated rings. The lowest BCUT2D eigenvalue weighted by Crippen LogP contribution is -2.57. The third kappa shape index (κ3) is 2.04. The lowest BCUT2D eigenvalue weighted by atomic mass is 9.47. The number of benzene rings is 4. The van der Waals surface area contributed by atoms with E-state index in [-0.39, 0.29) is 11.8 Å². The van der Waals surface area contributed by atoms with Gasteiger partial charge in [0.25, 0.3) is 0 Å². The van der Waals surface area contributed by atoms with Crippen LogP contribution in [0.1, 0.15) is 28.2 Å². The van der Waals surface area contributed by atoms with Gasteiger partial charge >= 0.3 is 5.97 Å². The van der Waals surface area contributed by atoms with Crippen LogP contribution in [0.2, 0.25) is 0 Å². The van der Waals surface area contributed by atoms with Crippen LogP contribution in [-0.4, -0.2) is 22.9 Å². The molecule has 4 aromatic carbocycles. The van der Waals surface area contributed by atoms with E-state index in [0.717, 1.165) is 21.9 Å². The second-order valence-corrected chi connectivity index (χ2v) is 9.28. The summed E-state index contributed by atoms with van der Waals surface area (Å²) < 4.78 is 0. The molecule has 4 aliphatic rings. The zero-order valence-electron chi connectivity index (χ0n) is 18.0. The maximum Gasteiger partial charge on any atom is 0.319 e. The predicted octanol–water partition coefficient (Wildman–Crippen LogP) is 4.48. The molecule has 2 atom stereocenters. The highest BCUT2D eigenvalue weighted by molar-refractivity contribution is 6.27. The summed E-state index contributed by atoms with van der Waals surface area (Å²) in [6, 6.07) is 27.9. The summed E-state index contributed by atoms with van der Waals surface area (Å²) in [4.78, 5) is 42.7. The minimum absolute atomic E-state index is 0.328. The van der Waals surface area contributed by atoms with Gasteiger partial charge in [0, 0.05) is 11.3 Å². The molecule has 4 aromatic rings. The fraction of sp³-hybridized carbons (Fsp3) is 0.138. The quantitative estimate of drug-likeness (QED) is 0.462. The smallest absolute Gasteiger partial charge is 0.319 e. The first-order chi connectivity index (χ1) is 16.6. The normalized spacial score (nSPS) is 26.4. The van der Waals surface area contributed by atoms with E-state index in [2.05, 4.69) is 0 Å². The Bertz CT molecular complexity index is 1520. The average molecular weight is 445 g/mol. The SMILES string of the molecule is O=C1[C@@H]2C3c4ccccc4C(C(=O)O)(c4ccccc43)[C@@H]2C(=O)N1c1cccc2ccccc12. The van der Waals surface area contributed by atoms with E-state index >= 15 is 0 Å². The largest absolute Gasteiger partial charge is 0.480 e. The van der Waals surface area contributed by atoms with Crippen molar-refractivity contribution in [2.24, 2.45) is 11.8 Å². The van der Waals surface area contributed by atoms with Gasteiger partial charge in [-0.25, -0.2) is 4.90 Å². The Morgan fingerprint density at radius 1 is 0.735 bits per heavy atom. The molecule has 2 bridgehead atoms. The third-order valence-corrected chi connectivity index (χ3v) is 7.96. The van der Waals surface area contributed by atoms with Crippen molar-refractivity contribution in [2.45, 2.75) is 11.3 Å². The molecule has 5 heteroatoms. The van der Waals surface area contributed by atoms with E-state index in [1.165, 1.54) is 4.90 Å². The van der Waals surface area contributed by atoms with Crippen molar-refractivity contribution in [3.05, 3.63) is 113 Å². The van der Waals surface area contributed by atoms with Crippen LogP contribution in [-0.2, 0) is 19.8 Å². The fourth-order valence-corrected chi connectivity index (χ4v) is 6.78. The van der Waals surface area contributed by atoms with Gasteiger partial charge in [0.2, 0.25) is 11.8 Å². The van der Waals surface area contributed by atoms with Crippen LogP contribution in [0.25, 0.3) is 10.8 Å². The van der Waals surface area contributed by atoms with E-state index < -0.39 is 29.1 Å². The molecule has 0 radical (unpaired) electrons. The molecule has 8 rings (SSSR count). The van der Waals surface area contributed by atoms with Gasteiger partial charge in [-0.3, -0.25) is 14.4 Å². The van der Waals surface area contributed by atoms with Crippen LogP contribution in [0.5, 0.6) is 0 Å². The minimum Gasteiger partial charge on any atom is -0.480 e. The summed E-state index contributed by atoms with van der Waals surface area (Å²) in [5.74, 6) is -4.01. The van der Waals surface area contributed by atoms with Crippen LogP contribution in [0.15, 0.2) is 91.0 Å². The molecule has 0 saturated carbocycles. The zero-order chi connectivity index (χ0) is 23.2. The molecule has 0 unspecified atom stereocenters. The van der Waals surface area contributed by atoms with Crippen molar-refractivity contribution in [3.8, 4) is 0 Å². The highest BCUT2D eigenvalue weighted by Crippen LogP contribution is 2.64. The lowest BCUT2D eigenvalue weighted by molar-refractivity contribution is -0.149. The monoisotopic (exact) mass is 445 g/mol. The Kier molecular flexibility index (Phi) is 3.63. The number of imide groups is 1. The van der Waals surface area contributed by atoms with E-state index in [1.807, 2.05) is 72.8 Å². The molecule has 2 amide bonds. The first-order valence-electron chi connectivity index (χ1n) is 11.3. The van der Waals surface area contributed by atoms with E-state index in [4.69, 9.17) is 0 Å². The number of carbonyl (C=O) groups excluding carboxylic acids is 2. The fourth-order valence-electron chi connectivity index (χ4n) is 6.78. The van der Waals surface area contributed by atoms with Gasteiger partial charge in [0.15, 0.2) is 0 Å². The van der Waals surface area contributed by atoms with Crippen LogP contribution < -0.4 is 4.90 Å². The standard InChI is InChI=1S/C29H19NO4/c31-26-24-23-18-11-3-5-13-20(18)29(28(33)34,21-14-6-4-12-19(21)23)25(24)27(32)30(26)22-15-7-9-16-8-1-2-10-17(16)22/h1-15,23-25H,(H,33,34)/t23?,24-,25+,29?/m1/s1. The number of rotatable bonds is 2. The van der Waals surface area contributed by atoms with Crippen molar-refractivity contribution in [1.82, 2.24) is 0 Å². The number of carboxylic acids is 1. The topological polar surface area (TPSA) is 74.7 Å². The highest BCUT2D eigenvalue weighted by atomic mass is 16.4. The number of fused-ring (bicyclic) bond motifs is 1. The molecule has 164 valence electrons. The van der Waals surface area contributed by atoms with Gasteiger partial charge in [-0.1, -0.05) is 84.9 Å². The molecule has 0 aromatic heterocycles. The van der Waals surface area contributed by atoms with Gasteiger partial charge in [-0.15, -0.1) is 0 Å². The number of carbonyl (C=O) groups is 3. The molecular formula is C29H19NO4. The van der Waals surface area contributed by atoms with Crippen LogP contribution >= 0.6 is 0 Å². The number of anilines is 1. The van der Waals surface area contributed by atoms with E-state index in [0.29, 0.717) is 16.8 Å². The Balaban J connectivity index is 1.54. The van der Waals surface area contributed by atoms with Crippen LogP contribution in [0.3, 0.4) is 0 Å². The van der Waals surface area contributed by atoms with E-state index in [9.17, 15) is 19.5 Å². The molecule has 5 nitrogen and oxygen atoms in total. The maximum atomic E-state index is 14.2. The van der Waals surface area contributed by atoms with Crippen molar-refractivity contribution in [2.75, 3.05) is 4.90 Å². The number of nitrogens with zero attached hydrogens (tertiary/aromatic N) is 1. The van der Waals surface area contributed by atoms with Gasteiger partial charge in [0.05, 0.1) is 17.5 Å². The number of amides is 2. The van der Waals surface area contributed by atoms with Crippen molar-refractivity contribution in [1.29, 1.82) is 0 Å². The van der Waals surface area contributed by atoms with E-state index in [1.54, 1.807) is 18.2 Å². The third-order valence-electron chi connectivity index (χ3n) is 7.96. The number of aliphatic carboxylic acids is 1. The lowest BCUT2D eigenvalue weighted by Gasteiger charge is -2.51. The van der Waals surface area contributed by atoms with Gasteiger partial charge < -0.3 is 5.11 Å². The Morgan fingerprint density at radius 2 is 1.32 bits per heavy atom. The Labute approximate surface area is 195 Å². The summed E-state index contributed by atoms with van der Waals surface area (Å²) in [7, 11) is 0. The summed E-state index contributed by atoms with van der Waals surface area (Å²) in [5, 5.41) is 12.5. The number of hydrogen-bond acceptors (Lipinski definition) is 3. The van der Waals surface area contributed by atoms with Gasteiger partial charge in [0.1, 0.15) is 5.41 Å². The average Bonchev–Trinajstić information content (AvgIpc) is 3.14. The molecule has 1 aliphatic heterocycles. The first-order valence-corrected chi connectivity index (χ1v) is 11.3. The summed E-state index contributed by atoms with van der Waals surface area (Å²) in [6.45, 7) is 0. The molecule has 34 heavy (non-hydrogen) atoms. The predicted molar refractivity (Wildman–Crippen MR) is 127 cm³/mol. The number of carboxylic acid groups (broad SMARTS) is 1. The molecule has 0 spiro atoms. The molecule has 3 aliphatic carbocycles. The Morgan fingerprint density at radius 3 is 2.00 bits per heavy atom. The Hall–Kier alpha value is -4.25. The molecule has 1 N–H and O–H groups in total. The summed E-state index contributed by atoms with van der Waals surface area (Å²) in [6.07, 6.45) is 0. The zero-order valence-corrected chi connectivity index (χ0v) is 18.0. The van der Waals surface area contributed by atoms with Crippen LogP contribution in [0, 0.1) is 11.8 Å².